The number of hydrogen-bond acceptors (Lipinski definition) is 3. The number of carboxylic acids is 1. The van der Waals surface area contributed by atoms with Crippen molar-refractivity contribution >= 4 is 17.6 Å². The highest BCUT2D eigenvalue weighted by atomic mass is 19.1. The number of hydrogen-bond donors (Lipinski definition) is 2. The molecule has 0 spiro atoms. The molecule has 5 nitrogen and oxygen atoms in total. The Hall–Kier alpha value is -2.11. The van der Waals surface area contributed by atoms with Crippen LogP contribution in [-0.4, -0.2) is 35.6 Å². The molecular weight excluding hydrogens is 251 g/mol. The van der Waals surface area contributed by atoms with Gasteiger partial charge in [-0.3, -0.25) is 9.59 Å². The van der Waals surface area contributed by atoms with Gasteiger partial charge in [0, 0.05) is 12.6 Å². The summed E-state index contributed by atoms with van der Waals surface area (Å²) in [6, 6.07) is 5.02. The van der Waals surface area contributed by atoms with Crippen LogP contribution in [0.2, 0.25) is 0 Å². The molecule has 1 aromatic rings. The van der Waals surface area contributed by atoms with Crippen LogP contribution in [0.5, 0.6) is 0 Å². The second-order valence-electron chi connectivity index (χ2n) is 4.63. The van der Waals surface area contributed by atoms with Crippen LogP contribution in [0.3, 0.4) is 0 Å². The van der Waals surface area contributed by atoms with Gasteiger partial charge in [0.15, 0.2) is 0 Å². The summed E-state index contributed by atoms with van der Waals surface area (Å²) < 4.78 is 13.8. The Kier molecular flexibility index (Phi) is 3.69. The average molecular weight is 266 g/mol. The van der Waals surface area contributed by atoms with Gasteiger partial charge in [-0.1, -0.05) is 12.1 Å². The molecule has 0 aromatic heterocycles. The fraction of sp³-hybridized carbons (Fsp3) is 0.385. The second kappa shape index (κ2) is 5.26. The molecule has 0 bridgehead atoms. The van der Waals surface area contributed by atoms with Crippen LogP contribution in [0.4, 0.5) is 10.1 Å². The zero-order valence-corrected chi connectivity index (χ0v) is 10.5. The number of rotatable bonds is 3. The zero-order valence-electron chi connectivity index (χ0n) is 10.5. The van der Waals surface area contributed by atoms with E-state index in [1.54, 1.807) is 25.1 Å². The summed E-state index contributed by atoms with van der Waals surface area (Å²) in [6.45, 7) is 2.17. The van der Waals surface area contributed by atoms with E-state index in [-0.39, 0.29) is 24.1 Å². The number of benzene rings is 1. The van der Waals surface area contributed by atoms with Crippen LogP contribution in [0, 0.1) is 5.82 Å². The first kappa shape index (κ1) is 13.3. The van der Waals surface area contributed by atoms with Crippen molar-refractivity contribution in [3.8, 4) is 0 Å². The average Bonchev–Trinajstić information content (AvgIpc) is 2.33. The lowest BCUT2D eigenvalue weighted by Gasteiger charge is -2.39. The van der Waals surface area contributed by atoms with E-state index < -0.39 is 17.8 Å². The van der Waals surface area contributed by atoms with Crippen molar-refractivity contribution in [3.63, 3.8) is 0 Å². The number of anilines is 1. The summed E-state index contributed by atoms with van der Waals surface area (Å²) in [7, 11) is 0. The van der Waals surface area contributed by atoms with Crippen LogP contribution < -0.4 is 10.2 Å². The first-order valence-corrected chi connectivity index (χ1v) is 6.02. The Morgan fingerprint density at radius 3 is 2.84 bits per heavy atom. The third kappa shape index (κ3) is 2.83. The summed E-state index contributed by atoms with van der Waals surface area (Å²) in [4.78, 5) is 24.3. The molecule has 1 fully saturated rings. The third-order valence-corrected chi connectivity index (χ3v) is 3.07. The van der Waals surface area contributed by atoms with Crippen molar-refractivity contribution in [2.24, 2.45) is 0 Å². The molecular formula is C13H15FN2O3. The summed E-state index contributed by atoms with van der Waals surface area (Å²) >= 11 is 0. The summed E-state index contributed by atoms with van der Waals surface area (Å²) in [5, 5.41) is 11.6. The first-order chi connectivity index (χ1) is 8.99. The molecule has 102 valence electrons. The van der Waals surface area contributed by atoms with E-state index in [1.165, 1.54) is 11.0 Å². The molecule has 1 aliphatic rings. The molecule has 0 aliphatic carbocycles. The van der Waals surface area contributed by atoms with Crippen LogP contribution in [0.1, 0.15) is 13.3 Å². The maximum Gasteiger partial charge on any atom is 0.305 e. The van der Waals surface area contributed by atoms with Gasteiger partial charge in [-0.15, -0.1) is 0 Å². The van der Waals surface area contributed by atoms with Gasteiger partial charge in [0.2, 0.25) is 5.91 Å². The molecule has 1 aromatic carbocycles. The molecule has 2 atom stereocenters. The highest BCUT2D eigenvalue weighted by Crippen LogP contribution is 2.24. The number of carboxylic acid groups (broad SMARTS) is 1. The molecule has 2 N–H and O–H groups in total. The summed E-state index contributed by atoms with van der Waals surface area (Å²) in [6.07, 6.45) is -0.354. The number of aliphatic carboxylic acids is 1. The number of nitrogens with zero attached hydrogens (tertiary/aromatic N) is 1. The van der Waals surface area contributed by atoms with Crippen molar-refractivity contribution in [3.05, 3.63) is 30.1 Å². The quantitative estimate of drug-likeness (QED) is 0.856. The van der Waals surface area contributed by atoms with Gasteiger partial charge in [0.1, 0.15) is 11.9 Å². The van der Waals surface area contributed by atoms with Crippen molar-refractivity contribution < 1.29 is 19.1 Å². The molecule has 19 heavy (non-hydrogen) atoms. The lowest BCUT2D eigenvalue weighted by Crippen LogP contribution is -2.60. The molecule has 1 amide bonds. The van der Waals surface area contributed by atoms with Crippen LogP contribution in [0.25, 0.3) is 0 Å². The van der Waals surface area contributed by atoms with E-state index in [9.17, 15) is 14.0 Å². The van der Waals surface area contributed by atoms with E-state index in [2.05, 4.69) is 5.32 Å². The maximum absolute atomic E-state index is 13.8. The number of nitrogens with one attached hydrogen (secondary N) is 1. The molecule has 2 unspecified atom stereocenters. The maximum atomic E-state index is 13.8. The first-order valence-electron chi connectivity index (χ1n) is 6.02. The smallest absolute Gasteiger partial charge is 0.305 e. The molecule has 1 heterocycles. The molecule has 1 saturated heterocycles. The van der Waals surface area contributed by atoms with E-state index in [0.29, 0.717) is 6.54 Å². The highest BCUT2D eigenvalue weighted by molar-refractivity contribution is 5.90. The van der Waals surface area contributed by atoms with Crippen molar-refractivity contribution in [1.82, 2.24) is 5.32 Å². The monoisotopic (exact) mass is 266 g/mol. The topological polar surface area (TPSA) is 69.6 Å². The van der Waals surface area contributed by atoms with Crippen LogP contribution >= 0.6 is 0 Å². The van der Waals surface area contributed by atoms with E-state index in [1.807, 2.05) is 0 Å². The largest absolute Gasteiger partial charge is 0.481 e. The van der Waals surface area contributed by atoms with Gasteiger partial charge < -0.3 is 15.3 Å². The minimum absolute atomic E-state index is 0.155. The van der Waals surface area contributed by atoms with Gasteiger partial charge in [-0.25, -0.2) is 4.39 Å². The summed E-state index contributed by atoms with van der Waals surface area (Å²) in [5.74, 6) is -1.93. The molecule has 0 radical (unpaired) electrons. The standard InChI is InChI=1S/C13H15FN2O3/c1-8-7-16(10-5-3-2-4-9(10)14)11(6-12(17)18)13(19)15-8/h2-5,8,11H,6-7H2,1H3,(H,15,19)(H,17,18). The molecule has 2 rings (SSSR count). The number of carbonyl (C=O) groups is 2. The van der Waals surface area contributed by atoms with Gasteiger partial charge >= 0.3 is 5.97 Å². The number of amides is 1. The van der Waals surface area contributed by atoms with E-state index in [4.69, 9.17) is 5.11 Å². The van der Waals surface area contributed by atoms with Crippen LogP contribution in [-0.2, 0) is 9.59 Å². The van der Waals surface area contributed by atoms with Gasteiger partial charge in [0.25, 0.3) is 0 Å². The predicted molar refractivity (Wildman–Crippen MR) is 67.4 cm³/mol. The minimum Gasteiger partial charge on any atom is -0.481 e. The Labute approximate surface area is 110 Å². The lowest BCUT2D eigenvalue weighted by molar-refractivity contribution is -0.140. The number of para-hydroxylation sites is 1. The SMILES string of the molecule is CC1CN(c2ccccc2F)C(CC(=O)O)C(=O)N1. The van der Waals surface area contributed by atoms with E-state index >= 15 is 0 Å². The zero-order chi connectivity index (χ0) is 14.0. The Morgan fingerprint density at radius 1 is 1.53 bits per heavy atom. The van der Waals surface area contributed by atoms with Crippen LogP contribution in [0.15, 0.2) is 24.3 Å². The highest BCUT2D eigenvalue weighted by Gasteiger charge is 2.35. The number of halogens is 1. The number of carbonyl (C=O) groups excluding carboxylic acids is 1. The second-order valence-corrected chi connectivity index (χ2v) is 4.63. The molecule has 6 heteroatoms. The molecule has 0 saturated carbocycles. The van der Waals surface area contributed by atoms with E-state index in [0.717, 1.165) is 0 Å². The van der Waals surface area contributed by atoms with Gasteiger partial charge in [0.05, 0.1) is 12.1 Å². The Morgan fingerprint density at radius 2 is 2.21 bits per heavy atom. The number of piperazine rings is 1. The molecule has 1 aliphatic heterocycles. The summed E-state index contributed by atoms with van der Waals surface area (Å²) in [5.41, 5.74) is 0.260. The van der Waals surface area contributed by atoms with Crippen molar-refractivity contribution in [2.45, 2.75) is 25.4 Å². The minimum atomic E-state index is -1.09. The fourth-order valence-electron chi connectivity index (χ4n) is 2.27. The normalized spacial score (nSPS) is 23.1. The predicted octanol–water partition coefficient (Wildman–Crippen LogP) is 0.994. The third-order valence-electron chi connectivity index (χ3n) is 3.07. The van der Waals surface area contributed by atoms with Gasteiger partial charge in [-0.05, 0) is 19.1 Å². The van der Waals surface area contributed by atoms with Crippen molar-refractivity contribution in [1.29, 1.82) is 0 Å². The fourth-order valence-corrected chi connectivity index (χ4v) is 2.27. The Balaban J connectivity index is 2.35. The lowest BCUT2D eigenvalue weighted by atomic mass is 10.0. The van der Waals surface area contributed by atoms with Gasteiger partial charge in [-0.2, -0.15) is 0 Å². The van der Waals surface area contributed by atoms with Crippen molar-refractivity contribution in [2.75, 3.05) is 11.4 Å². The Bertz CT molecular complexity index is 506.